The molecule has 3 atom stereocenters. The maximum absolute atomic E-state index is 11.0. The van der Waals surface area contributed by atoms with Crippen LogP contribution in [0, 0.1) is 0 Å². The zero-order chi connectivity index (χ0) is 13.3. The topological polar surface area (TPSA) is 146 Å². The number of phosphoric acid groups is 1. The van der Waals surface area contributed by atoms with Crippen molar-refractivity contribution in [2.45, 2.75) is 12.2 Å². The molecule has 3 N–H and O–H groups in total. The van der Waals surface area contributed by atoms with Gasteiger partial charge in [0.05, 0.1) is 19.8 Å². The van der Waals surface area contributed by atoms with Gasteiger partial charge >= 0.3 is 0 Å². The first-order chi connectivity index (χ1) is 7.91. The maximum atomic E-state index is 11.0. The number of phosphoric ester groups is 1. The molecule has 9 nitrogen and oxygen atoms in total. The van der Waals surface area contributed by atoms with Gasteiger partial charge in [-0.2, -0.15) is 0 Å². The smallest absolute Gasteiger partial charge is 0.293 e. The SMILES string of the molecule is O=COC[C@H](O)COP(=O)([O-])OC[C@@H](O)CO. The van der Waals surface area contributed by atoms with Crippen LogP contribution in [-0.4, -0.2) is 60.4 Å². The van der Waals surface area contributed by atoms with Crippen LogP contribution in [0.2, 0.25) is 0 Å². The largest absolute Gasteiger partial charge is 0.756 e. The molecule has 0 bridgehead atoms. The molecule has 0 aromatic rings. The summed E-state index contributed by atoms with van der Waals surface area (Å²) in [6.45, 7) is -2.28. The summed E-state index contributed by atoms with van der Waals surface area (Å²) in [6.07, 6.45) is -2.65. The summed E-state index contributed by atoms with van der Waals surface area (Å²) < 4.78 is 23.6. The number of ether oxygens (including phenoxy) is 1. The number of aliphatic hydroxyl groups is 3. The van der Waals surface area contributed by atoms with Crippen molar-refractivity contribution < 1.29 is 43.4 Å². The van der Waals surface area contributed by atoms with Crippen molar-refractivity contribution in [3.05, 3.63) is 0 Å². The van der Waals surface area contributed by atoms with Crippen molar-refractivity contribution in [1.82, 2.24) is 0 Å². The van der Waals surface area contributed by atoms with Crippen molar-refractivity contribution in [1.29, 1.82) is 0 Å². The standard InChI is InChI=1S/C7H15O9P/c8-1-6(10)3-15-17(12,13)16-4-7(11)2-14-5-9/h5-8,10-11H,1-4H2,(H,12,13)/p-1/t6-,7-/m0/s1. The number of hydrogen-bond acceptors (Lipinski definition) is 9. The second-order valence-electron chi connectivity index (χ2n) is 2.96. The van der Waals surface area contributed by atoms with Gasteiger partial charge in [0.25, 0.3) is 14.3 Å². The molecule has 0 rings (SSSR count). The summed E-state index contributed by atoms with van der Waals surface area (Å²) in [5.74, 6) is 0. The lowest BCUT2D eigenvalue weighted by atomic mass is 10.4. The third-order valence-electron chi connectivity index (χ3n) is 1.42. The van der Waals surface area contributed by atoms with E-state index in [0.29, 0.717) is 0 Å². The summed E-state index contributed by atoms with van der Waals surface area (Å²) in [7, 11) is -4.67. The van der Waals surface area contributed by atoms with E-state index in [1.807, 2.05) is 0 Å². The summed E-state index contributed by atoms with van der Waals surface area (Å²) in [5, 5.41) is 26.3. The lowest BCUT2D eigenvalue weighted by Crippen LogP contribution is -2.25. The molecule has 0 heterocycles. The molecule has 0 aliphatic heterocycles. The molecule has 0 aliphatic rings. The number of hydrogen-bond donors (Lipinski definition) is 3. The highest BCUT2D eigenvalue weighted by Gasteiger charge is 2.15. The molecular weight excluding hydrogens is 259 g/mol. The first-order valence-electron chi connectivity index (χ1n) is 4.53. The Labute approximate surface area is 97.2 Å². The predicted octanol–water partition coefficient (Wildman–Crippen LogP) is -2.62. The van der Waals surface area contributed by atoms with E-state index in [4.69, 9.17) is 15.3 Å². The molecule has 17 heavy (non-hydrogen) atoms. The highest BCUT2D eigenvalue weighted by atomic mass is 31.2. The highest BCUT2D eigenvalue weighted by molar-refractivity contribution is 7.45. The second-order valence-corrected chi connectivity index (χ2v) is 4.37. The van der Waals surface area contributed by atoms with Gasteiger partial charge in [0.2, 0.25) is 0 Å². The van der Waals surface area contributed by atoms with Crippen molar-refractivity contribution >= 4 is 14.3 Å². The minimum atomic E-state index is -4.67. The van der Waals surface area contributed by atoms with Crippen LogP contribution in [0.3, 0.4) is 0 Å². The van der Waals surface area contributed by atoms with Crippen molar-refractivity contribution in [3.8, 4) is 0 Å². The third-order valence-corrected chi connectivity index (χ3v) is 2.35. The van der Waals surface area contributed by atoms with Gasteiger partial charge in [-0.1, -0.05) is 0 Å². The minimum Gasteiger partial charge on any atom is -0.756 e. The molecule has 0 spiro atoms. The fraction of sp³-hybridized carbons (Fsp3) is 0.857. The molecule has 1 unspecified atom stereocenters. The van der Waals surface area contributed by atoms with Crippen LogP contribution in [-0.2, 0) is 23.1 Å². The normalized spacial score (nSPS) is 18.1. The van der Waals surface area contributed by atoms with E-state index in [-0.39, 0.29) is 6.47 Å². The van der Waals surface area contributed by atoms with Crippen LogP contribution in [0.15, 0.2) is 0 Å². The van der Waals surface area contributed by atoms with Crippen LogP contribution in [0.5, 0.6) is 0 Å². The fourth-order valence-electron chi connectivity index (χ4n) is 0.643. The van der Waals surface area contributed by atoms with Gasteiger partial charge in [-0.3, -0.25) is 9.36 Å². The number of carbonyl (C=O) groups excluding carboxylic acids is 1. The van der Waals surface area contributed by atoms with Crippen LogP contribution in [0.25, 0.3) is 0 Å². The van der Waals surface area contributed by atoms with E-state index in [2.05, 4.69) is 13.8 Å². The fourth-order valence-corrected chi connectivity index (χ4v) is 1.43. The Kier molecular flexibility index (Phi) is 8.26. The molecule has 102 valence electrons. The first kappa shape index (κ1) is 16.5. The van der Waals surface area contributed by atoms with E-state index in [1.165, 1.54) is 0 Å². The monoisotopic (exact) mass is 273 g/mol. The highest BCUT2D eigenvalue weighted by Crippen LogP contribution is 2.38. The average Bonchev–Trinajstić information content (AvgIpc) is 2.31. The summed E-state index contributed by atoms with van der Waals surface area (Å²) >= 11 is 0. The van der Waals surface area contributed by atoms with E-state index < -0.39 is 46.5 Å². The second kappa shape index (κ2) is 8.54. The molecule has 0 saturated carbocycles. The zero-order valence-electron chi connectivity index (χ0n) is 8.80. The molecule has 0 amide bonds. The molecule has 0 saturated heterocycles. The number of aliphatic hydroxyl groups excluding tert-OH is 3. The Hall–Kier alpha value is -0.540. The molecule has 10 heteroatoms. The Bertz CT molecular complexity index is 258. The maximum Gasteiger partial charge on any atom is 0.293 e. The molecule has 0 aromatic heterocycles. The summed E-state index contributed by atoms with van der Waals surface area (Å²) in [4.78, 5) is 20.8. The molecule has 0 aliphatic carbocycles. The van der Waals surface area contributed by atoms with Crippen LogP contribution in [0.4, 0.5) is 0 Å². The molecule has 0 fully saturated rings. The predicted molar refractivity (Wildman–Crippen MR) is 50.6 cm³/mol. The first-order valence-corrected chi connectivity index (χ1v) is 5.99. The van der Waals surface area contributed by atoms with E-state index >= 15 is 0 Å². The van der Waals surface area contributed by atoms with Crippen molar-refractivity contribution in [2.75, 3.05) is 26.4 Å². The van der Waals surface area contributed by atoms with Gasteiger partial charge in [-0.25, -0.2) is 0 Å². The van der Waals surface area contributed by atoms with E-state index in [1.54, 1.807) is 0 Å². The van der Waals surface area contributed by atoms with Crippen LogP contribution >= 0.6 is 7.82 Å². The Morgan fingerprint density at radius 1 is 1.18 bits per heavy atom. The molecule has 0 radical (unpaired) electrons. The van der Waals surface area contributed by atoms with E-state index in [9.17, 15) is 14.3 Å². The van der Waals surface area contributed by atoms with E-state index in [0.717, 1.165) is 0 Å². The van der Waals surface area contributed by atoms with Gasteiger partial charge in [-0.05, 0) is 0 Å². The number of carbonyl (C=O) groups is 1. The van der Waals surface area contributed by atoms with Gasteiger partial charge in [-0.15, -0.1) is 0 Å². The van der Waals surface area contributed by atoms with Gasteiger partial charge in [0.1, 0.15) is 18.8 Å². The van der Waals surface area contributed by atoms with Gasteiger partial charge in [0, 0.05) is 0 Å². The lowest BCUT2D eigenvalue weighted by Gasteiger charge is -2.24. The summed E-state index contributed by atoms with van der Waals surface area (Å²) in [5.41, 5.74) is 0. The number of rotatable bonds is 10. The Morgan fingerprint density at radius 2 is 1.71 bits per heavy atom. The average molecular weight is 273 g/mol. The third kappa shape index (κ3) is 9.19. The van der Waals surface area contributed by atoms with Crippen LogP contribution in [0.1, 0.15) is 0 Å². The minimum absolute atomic E-state index is 0.0914. The molecule has 0 aromatic carbocycles. The van der Waals surface area contributed by atoms with Crippen molar-refractivity contribution in [3.63, 3.8) is 0 Å². The van der Waals surface area contributed by atoms with Gasteiger partial charge in [0.15, 0.2) is 0 Å². The zero-order valence-corrected chi connectivity index (χ0v) is 9.69. The Morgan fingerprint density at radius 3 is 2.18 bits per heavy atom. The molecular formula is C7H14O9P-. The van der Waals surface area contributed by atoms with Gasteiger partial charge < -0.3 is 34.0 Å². The van der Waals surface area contributed by atoms with Crippen molar-refractivity contribution in [2.24, 2.45) is 0 Å². The van der Waals surface area contributed by atoms with Crippen LogP contribution < -0.4 is 4.89 Å². The quantitative estimate of drug-likeness (QED) is 0.287. The summed E-state index contributed by atoms with van der Waals surface area (Å²) in [6, 6.07) is 0. The Balaban J connectivity index is 3.84. The lowest BCUT2D eigenvalue weighted by molar-refractivity contribution is -0.229.